The summed E-state index contributed by atoms with van der Waals surface area (Å²) < 4.78 is 10.6. The van der Waals surface area contributed by atoms with E-state index in [1.165, 1.54) is 4.90 Å². The molecule has 0 radical (unpaired) electrons. The minimum absolute atomic E-state index is 0.0235. The Morgan fingerprint density at radius 3 is 2.48 bits per heavy atom. The van der Waals surface area contributed by atoms with Gasteiger partial charge in [-0.2, -0.15) is 0 Å². The van der Waals surface area contributed by atoms with E-state index in [0.717, 1.165) is 11.3 Å². The highest BCUT2D eigenvalue weighted by Crippen LogP contribution is 2.24. The summed E-state index contributed by atoms with van der Waals surface area (Å²) in [6.45, 7) is 2.15. The number of ether oxygens (including phenoxy) is 2. The second kappa shape index (κ2) is 6.87. The summed E-state index contributed by atoms with van der Waals surface area (Å²) in [5, 5.41) is 18.8. The molecular weight excluding hydrogens is 302 g/mol. The summed E-state index contributed by atoms with van der Waals surface area (Å²) in [6, 6.07) is 5.27. The molecule has 0 unspecified atom stereocenters. The molecule has 0 aromatic heterocycles. The number of likely N-dealkylation sites (tertiary alicyclic amines) is 1. The first kappa shape index (κ1) is 17.1. The van der Waals surface area contributed by atoms with Crippen LogP contribution < -0.4 is 9.47 Å². The molecule has 1 fully saturated rings. The maximum atomic E-state index is 12.1. The van der Waals surface area contributed by atoms with Crippen LogP contribution in [0.2, 0.25) is 0 Å². The maximum Gasteiger partial charge on any atom is 0.335 e. The van der Waals surface area contributed by atoms with Gasteiger partial charge in [0.1, 0.15) is 11.5 Å². The molecule has 0 spiro atoms. The minimum atomic E-state index is -1.73. The molecule has 1 aliphatic rings. The molecule has 2 N–H and O–H groups in total. The highest BCUT2D eigenvalue weighted by molar-refractivity contribution is 5.80. The quantitative estimate of drug-likeness (QED) is 0.833. The van der Waals surface area contributed by atoms with Crippen LogP contribution in [0, 0.1) is 6.92 Å². The van der Waals surface area contributed by atoms with Crippen molar-refractivity contribution in [2.24, 2.45) is 0 Å². The highest BCUT2D eigenvalue weighted by Gasteiger charge is 2.40. The monoisotopic (exact) mass is 323 g/mol. The van der Waals surface area contributed by atoms with Crippen molar-refractivity contribution in [1.29, 1.82) is 0 Å². The number of hydrogen-bond donors (Lipinski definition) is 2. The Morgan fingerprint density at radius 1 is 1.30 bits per heavy atom. The van der Waals surface area contributed by atoms with Crippen LogP contribution in [0.3, 0.4) is 0 Å². The second-order valence-electron chi connectivity index (χ2n) is 5.64. The molecular formula is C16H21NO6. The molecule has 2 rings (SSSR count). The molecule has 126 valence electrons. The maximum absolute atomic E-state index is 12.1. The number of nitrogens with zero attached hydrogens (tertiary/aromatic N) is 1. The van der Waals surface area contributed by atoms with E-state index in [-0.39, 0.29) is 38.4 Å². The van der Waals surface area contributed by atoms with Gasteiger partial charge in [-0.25, -0.2) is 4.79 Å². The standard InChI is InChI=1S/C16H21NO6/c1-11-9-12(3-4-13(11)22-2)23-10-14(18)17-7-5-16(21,6-8-17)15(19)20/h3-4,9,21H,5-8,10H2,1-2H3,(H,19,20). The smallest absolute Gasteiger partial charge is 0.335 e. The van der Waals surface area contributed by atoms with Gasteiger partial charge in [0, 0.05) is 25.9 Å². The number of carbonyl (C=O) groups excluding carboxylic acids is 1. The van der Waals surface area contributed by atoms with Crippen molar-refractivity contribution in [3.05, 3.63) is 23.8 Å². The average molecular weight is 323 g/mol. The molecule has 23 heavy (non-hydrogen) atoms. The van der Waals surface area contributed by atoms with Gasteiger partial charge >= 0.3 is 5.97 Å². The van der Waals surface area contributed by atoms with Crippen LogP contribution in [0.1, 0.15) is 18.4 Å². The molecule has 0 atom stereocenters. The van der Waals surface area contributed by atoms with Gasteiger partial charge in [0.25, 0.3) is 5.91 Å². The Bertz CT molecular complexity index is 592. The van der Waals surface area contributed by atoms with Crippen molar-refractivity contribution >= 4 is 11.9 Å². The lowest BCUT2D eigenvalue weighted by Gasteiger charge is -2.35. The lowest BCUT2D eigenvalue weighted by Crippen LogP contribution is -2.51. The lowest BCUT2D eigenvalue weighted by molar-refractivity contribution is -0.165. The average Bonchev–Trinajstić information content (AvgIpc) is 2.53. The zero-order chi connectivity index (χ0) is 17.0. The van der Waals surface area contributed by atoms with Gasteiger partial charge in [-0.1, -0.05) is 0 Å². The first-order chi connectivity index (χ1) is 10.9. The number of hydrogen-bond acceptors (Lipinski definition) is 5. The van der Waals surface area contributed by atoms with Gasteiger partial charge in [-0.3, -0.25) is 4.79 Å². The number of carboxylic acids is 1. The largest absolute Gasteiger partial charge is 0.496 e. The number of carbonyl (C=O) groups is 2. The van der Waals surface area contributed by atoms with Crippen molar-refractivity contribution in [2.75, 3.05) is 26.8 Å². The topological polar surface area (TPSA) is 96.3 Å². The van der Waals surface area contributed by atoms with E-state index >= 15 is 0 Å². The molecule has 1 saturated heterocycles. The second-order valence-corrected chi connectivity index (χ2v) is 5.64. The van der Waals surface area contributed by atoms with Crippen LogP contribution in [-0.2, 0) is 9.59 Å². The number of methoxy groups -OCH3 is 1. The van der Waals surface area contributed by atoms with Crippen LogP contribution in [0.25, 0.3) is 0 Å². The fraction of sp³-hybridized carbons (Fsp3) is 0.500. The molecule has 1 aliphatic heterocycles. The molecule has 1 aromatic rings. The van der Waals surface area contributed by atoms with E-state index in [2.05, 4.69) is 0 Å². The molecule has 0 bridgehead atoms. The van der Waals surface area contributed by atoms with E-state index in [1.807, 2.05) is 6.92 Å². The fourth-order valence-corrected chi connectivity index (χ4v) is 2.52. The van der Waals surface area contributed by atoms with Crippen molar-refractivity contribution in [1.82, 2.24) is 4.90 Å². The number of amides is 1. The predicted molar refractivity (Wildman–Crippen MR) is 81.6 cm³/mol. The number of carboxylic acid groups (broad SMARTS) is 1. The normalized spacial score (nSPS) is 16.7. The van der Waals surface area contributed by atoms with Crippen LogP contribution in [0.15, 0.2) is 18.2 Å². The van der Waals surface area contributed by atoms with Crippen LogP contribution in [-0.4, -0.2) is 59.4 Å². The number of aryl methyl sites for hydroxylation is 1. The van der Waals surface area contributed by atoms with Gasteiger partial charge in [-0.15, -0.1) is 0 Å². The first-order valence-corrected chi connectivity index (χ1v) is 7.37. The third kappa shape index (κ3) is 3.92. The minimum Gasteiger partial charge on any atom is -0.496 e. The van der Waals surface area contributed by atoms with Gasteiger partial charge in [0.15, 0.2) is 12.2 Å². The van der Waals surface area contributed by atoms with Crippen molar-refractivity contribution < 1.29 is 29.3 Å². The van der Waals surface area contributed by atoms with E-state index in [9.17, 15) is 14.7 Å². The van der Waals surface area contributed by atoms with Crippen LogP contribution in [0.4, 0.5) is 0 Å². The molecule has 1 aromatic carbocycles. The summed E-state index contributed by atoms with van der Waals surface area (Å²) >= 11 is 0. The summed E-state index contributed by atoms with van der Waals surface area (Å²) in [4.78, 5) is 24.6. The number of aliphatic hydroxyl groups is 1. The summed E-state index contributed by atoms with van der Waals surface area (Å²) in [5.41, 5.74) is -0.827. The fourth-order valence-electron chi connectivity index (χ4n) is 2.52. The Hall–Kier alpha value is -2.28. The van der Waals surface area contributed by atoms with Gasteiger partial charge in [-0.05, 0) is 30.7 Å². The third-order valence-electron chi connectivity index (χ3n) is 4.07. The van der Waals surface area contributed by atoms with Crippen molar-refractivity contribution in [3.63, 3.8) is 0 Å². The molecule has 7 heteroatoms. The van der Waals surface area contributed by atoms with E-state index in [0.29, 0.717) is 5.75 Å². The summed E-state index contributed by atoms with van der Waals surface area (Å²) in [5.74, 6) is -0.163. The Labute approximate surface area is 134 Å². The predicted octanol–water partition coefficient (Wildman–Crippen LogP) is 0.821. The Kier molecular flexibility index (Phi) is 5.10. The molecule has 0 saturated carbocycles. The van der Waals surface area contributed by atoms with Gasteiger partial charge < -0.3 is 24.6 Å². The third-order valence-corrected chi connectivity index (χ3v) is 4.07. The van der Waals surface area contributed by atoms with E-state index in [1.54, 1.807) is 25.3 Å². The van der Waals surface area contributed by atoms with Gasteiger partial charge in [0.05, 0.1) is 7.11 Å². The summed E-state index contributed by atoms with van der Waals surface area (Å²) in [7, 11) is 1.58. The summed E-state index contributed by atoms with van der Waals surface area (Å²) in [6.07, 6.45) is 0.0471. The van der Waals surface area contributed by atoms with E-state index < -0.39 is 11.6 Å². The van der Waals surface area contributed by atoms with Crippen molar-refractivity contribution in [3.8, 4) is 11.5 Å². The molecule has 7 nitrogen and oxygen atoms in total. The number of aliphatic carboxylic acids is 1. The SMILES string of the molecule is COc1ccc(OCC(=O)N2CCC(O)(C(=O)O)CC2)cc1C. The number of benzene rings is 1. The highest BCUT2D eigenvalue weighted by atomic mass is 16.5. The molecule has 0 aliphatic carbocycles. The Morgan fingerprint density at radius 2 is 1.96 bits per heavy atom. The zero-order valence-corrected chi connectivity index (χ0v) is 13.2. The molecule has 1 heterocycles. The zero-order valence-electron chi connectivity index (χ0n) is 13.2. The lowest BCUT2D eigenvalue weighted by atomic mass is 9.92. The Balaban J connectivity index is 1.86. The number of rotatable bonds is 5. The van der Waals surface area contributed by atoms with E-state index in [4.69, 9.17) is 14.6 Å². The first-order valence-electron chi connectivity index (χ1n) is 7.37. The number of piperidine rings is 1. The van der Waals surface area contributed by atoms with Crippen LogP contribution in [0.5, 0.6) is 11.5 Å². The van der Waals surface area contributed by atoms with Gasteiger partial charge in [0.2, 0.25) is 0 Å². The molecule has 1 amide bonds. The van der Waals surface area contributed by atoms with Crippen LogP contribution >= 0.6 is 0 Å². The van der Waals surface area contributed by atoms with Crippen molar-refractivity contribution in [2.45, 2.75) is 25.4 Å².